The number of amidine groups is 1. The number of likely N-dealkylation sites (N-methyl/N-ethyl adjacent to an activating group) is 1. The van der Waals surface area contributed by atoms with Gasteiger partial charge >= 0.3 is 12.5 Å². The number of carbonyl (C=O) groups is 2. The summed E-state index contributed by atoms with van der Waals surface area (Å²) in [5.74, 6) is 0.118. The molecule has 1 fully saturated rings. The van der Waals surface area contributed by atoms with Gasteiger partial charge in [0.25, 0.3) is 0 Å². The Labute approximate surface area is 295 Å². The van der Waals surface area contributed by atoms with E-state index in [0.717, 1.165) is 32.8 Å². The maximum Gasteiger partial charge on any atom is 0.573 e. The molecule has 0 radical (unpaired) electrons. The predicted molar refractivity (Wildman–Crippen MR) is 190 cm³/mol. The van der Waals surface area contributed by atoms with E-state index < -0.39 is 18.6 Å². The van der Waals surface area contributed by atoms with Gasteiger partial charge in [-0.3, -0.25) is 14.6 Å². The number of thiocarbonyl (C=S) groups is 1. The van der Waals surface area contributed by atoms with Crippen LogP contribution in [0.1, 0.15) is 29.2 Å². The number of halogens is 3. The maximum atomic E-state index is 12.9. The first-order chi connectivity index (χ1) is 23.7. The molecule has 2 heterocycles. The molecule has 5 rings (SSSR count). The van der Waals surface area contributed by atoms with Crippen molar-refractivity contribution >= 4 is 58.0 Å². The third-order valence-electron chi connectivity index (χ3n) is 7.65. The molecule has 2 amide bonds. The summed E-state index contributed by atoms with van der Waals surface area (Å²) in [4.78, 5) is 36.6. The van der Waals surface area contributed by atoms with E-state index in [1.54, 1.807) is 48.2 Å². The molecule has 0 aliphatic carbocycles. The second-order valence-electron chi connectivity index (χ2n) is 11.1. The number of amides is 2. The van der Waals surface area contributed by atoms with Gasteiger partial charge in [-0.25, -0.2) is 14.5 Å². The first-order valence-corrected chi connectivity index (χ1v) is 16.6. The second-order valence-corrected chi connectivity index (χ2v) is 12.5. The molecule has 260 valence electrons. The number of benzene rings is 3. The van der Waals surface area contributed by atoms with Crippen LogP contribution in [-0.2, 0) is 4.79 Å². The smallest absolute Gasteiger partial charge is 0.465 e. The lowest BCUT2D eigenvalue weighted by Crippen LogP contribution is -2.48. The van der Waals surface area contributed by atoms with Crippen LogP contribution >= 0.6 is 24.0 Å². The van der Waals surface area contributed by atoms with Crippen molar-refractivity contribution in [1.29, 1.82) is 0 Å². The lowest BCUT2D eigenvalue weighted by Gasteiger charge is -2.27. The number of alkyl halides is 3. The number of nitrogens with zero attached hydrogens (tertiary/aromatic N) is 6. The normalized spacial score (nSPS) is 14.7. The number of ether oxygens (including phenoxy) is 1. The molecule has 11 nitrogen and oxygen atoms in total. The fraction of sp³-hybridized carbons (Fsp3) is 0.235. The van der Waals surface area contributed by atoms with E-state index in [9.17, 15) is 27.9 Å². The molecule has 1 unspecified atom stereocenters. The molecule has 1 aromatic heterocycles. The van der Waals surface area contributed by atoms with Crippen molar-refractivity contribution in [2.75, 3.05) is 17.2 Å². The van der Waals surface area contributed by atoms with Crippen LogP contribution in [0.4, 0.5) is 23.7 Å². The molecule has 2 N–H and O–H groups in total. The molecule has 1 saturated heterocycles. The number of aryl methyl sites for hydroxylation is 2. The van der Waals surface area contributed by atoms with Crippen LogP contribution < -0.4 is 15.0 Å². The summed E-state index contributed by atoms with van der Waals surface area (Å²) in [6.45, 7) is 7.74. The third kappa shape index (κ3) is 8.67. The fourth-order valence-electron chi connectivity index (χ4n) is 5.12. The van der Waals surface area contributed by atoms with Gasteiger partial charge in [-0.15, -0.1) is 18.3 Å². The van der Waals surface area contributed by atoms with E-state index in [-0.39, 0.29) is 29.1 Å². The highest BCUT2D eigenvalue weighted by molar-refractivity contribution is 8.15. The Morgan fingerprint density at radius 2 is 1.86 bits per heavy atom. The topological polar surface area (TPSA) is 125 Å². The van der Waals surface area contributed by atoms with Gasteiger partial charge in [-0.2, -0.15) is 4.99 Å². The van der Waals surface area contributed by atoms with Crippen molar-refractivity contribution in [1.82, 2.24) is 25.0 Å². The summed E-state index contributed by atoms with van der Waals surface area (Å²) in [5, 5.41) is 17.7. The Bertz CT molecular complexity index is 1960. The molecule has 3 aromatic carbocycles. The van der Waals surface area contributed by atoms with Gasteiger partial charge in [0.2, 0.25) is 5.91 Å². The van der Waals surface area contributed by atoms with Crippen LogP contribution in [0.2, 0.25) is 0 Å². The van der Waals surface area contributed by atoms with Crippen molar-refractivity contribution in [3.05, 3.63) is 95.3 Å². The van der Waals surface area contributed by atoms with Gasteiger partial charge < -0.3 is 15.2 Å². The molecule has 16 heteroatoms. The Morgan fingerprint density at radius 3 is 2.50 bits per heavy atom. The lowest BCUT2D eigenvalue weighted by molar-refractivity contribution is -0.274. The minimum atomic E-state index is -4.78. The van der Waals surface area contributed by atoms with Gasteiger partial charge in [0.05, 0.1) is 17.1 Å². The molecule has 0 bridgehead atoms. The average molecular weight is 724 g/mol. The van der Waals surface area contributed by atoms with E-state index in [4.69, 9.17) is 12.2 Å². The molecule has 1 aliphatic heterocycles. The molecule has 0 saturated carbocycles. The second kappa shape index (κ2) is 15.1. The van der Waals surface area contributed by atoms with Crippen LogP contribution in [0.3, 0.4) is 0 Å². The first-order valence-electron chi connectivity index (χ1n) is 15.2. The number of rotatable bonds is 9. The van der Waals surface area contributed by atoms with Crippen molar-refractivity contribution in [3.8, 4) is 22.8 Å². The highest BCUT2D eigenvalue weighted by Gasteiger charge is 2.32. The monoisotopic (exact) mass is 723 g/mol. The number of anilines is 1. The Kier molecular flexibility index (Phi) is 10.9. The van der Waals surface area contributed by atoms with E-state index >= 15 is 0 Å². The van der Waals surface area contributed by atoms with Crippen molar-refractivity contribution in [2.45, 2.75) is 40.2 Å². The number of carboxylic acid groups (broad SMARTS) is 1. The third-order valence-corrected chi connectivity index (χ3v) is 8.78. The standard InChI is InChI=1S/C34H32F3N7O4S2/c1-5-42(33(46)47)28(39-31(49)40-32-44(29(45)18-50-32)27-17-20(2)16-21(3)22(27)4)15-8-23-6-9-24(10-7-23)30-38-19-43(41-30)25-11-13-26(14-12-25)48-34(35,36)37/h6-17,19,28H,5,18H2,1-4H3,(H,39,49)(H,46,47)/b15-8+,40-32?. The van der Waals surface area contributed by atoms with E-state index in [1.165, 1.54) is 47.0 Å². The van der Waals surface area contributed by atoms with Crippen molar-refractivity contribution in [3.63, 3.8) is 0 Å². The average Bonchev–Trinajstić information content (AvgIpc) is 3.68. The van der Waals surface area contributed by atoms with Gasteiger partial charge in [0.1, 0.15) is 18.2 Å². The first kappa shape index (κ1) is 36.1. The molecule has 1 atom stereocenters. The highest BCUT2D eigenvalue weighted by Crippen LogP contribution is 2.32. The number of nitrogens with one attached hydrogen (secondary N) is 1. The highest BCUT2D eigenvalue weighted by atomic mass is 32.2. The van der Waals surface area contributed by atoms with Crippen LogP contribution in [0.25, 0.3) is 23.2 Å². The molecule has 0 spiro atoms. The van der Waals surface area contributed by atoms with Gasteiger partial charge in [0.15, 0.2) is 16.1 Å². The number of hydrogen-bond donors (Lipinski definition) is 2. The Balaban J connectivity index is 1.31. The van der Waals surface area contributed by atoms with Crippen LogP contribution in [0.15, 0.2) is 78.1 Å². The number of aliphatic imine (C=N–C) groups is 1. The van der Waals surface area contributed by atoms with Gasteiger partial charge in [0, 0.05) is 12.1 Å². The molecular weight excluding hydrogens is 692 g/mol. The summed E-state index contributed by atoms with van der Waals surface area (Å²) in [5.41, 5.74) is 5.64. The Morgan fingerprint density at radius 1 is 1.16 bits per heavy atom. The summed E-state index contributed by atoms with van der Waals surface area (Å²) < 4.78 is 42.7. The number of aromatic nitrogens is 3. The summed E-state index contributed by atoms with van der Waals surface area (Å²) in [7, 11) is 0. The zero-order valence-electron chi connectivity index (χ0n) is 27.3. The van der Waals surface area contributed by atoms with Crippen molar-refractivity contribution in [2.24, 2.45) is 4.99 Å². The van der Waals surface area contributed by atoms with Crippen LogP contribution in [0.5, 0.6) is 5.75 Å². The van der Waals surface area contributed by atoms with E-state index in [2.05, 4.69) is 25.1 Å². The number of carbonyl (C=O) groups excluding carboxylic acids is 1. The minimum absolute atomic E-state index is 0.0168. The molecular formula is C34H32F3N7O4S2. The van der Waals surface area contributed by atoms with Gasteiger partial charge in [-0.1, -0.05) is 48.2 Å². The lowest BCUT2D eigenvalue weighted by atomic mass is 10.0. The summed E-state index contributed by atoms with van der Waals surface area (Å²) in [6, 6.07) is 16.4. The SMILES string of the molecule is CCN(C(=O)O)C(/C=C/c1ccc(-c2ncn(-c3ccc(OC(F)(F)F)cc3)n2)cc1)NC(=S)N=C1SCC(=O)N1c1cc(C)cc(C)c1C. The number of thioether (sulfide) groups is 1. The zero-order valence-corrected chi connectivity index (χ0v) is 28.9. The van der Waals surface area contributed by atoms with Crippen molar-refractivity contribution < 1.29 is 32.6 Å². The van der Waals surface area contributed by atoms with E-state index in [0.29, 0.717) is 22.2 Å². The largest absolute Gasteiger partial charge is 0.573 e. The number of hydrogen-bond acceptors (Lipinski definition) is 7. The van der Waals surface area contributed by atoms with E-state index in [1.807, 2.05) is 32.9 Å². The molecule has 1 aliphatic rings. The van der Waals surface area contributed by atoms with Gasteiger partial charge in [-0.05, 0) is 98.6 Å². The fourth-order valence-corrected chi connectivity index (χ4v) is 6.26. The molecule has 50 heavy (non-hydrogen) atoms. The maximum absolute atomic E-state index is 12.9. The Hall–Kier alpha value is -5.22. The van der Waals surface area contributed by atoms with Crippen LogP contribution in [-0.4, -0.2) is 71.9 Å². The summed E-state index contributed by atoms with van der Waals surface area (Å²) in [6.07, 6.45) is -2.00. The minimum Gasteiger partial charge on any atom is -0.465 e. The quantitative estimate of drug-likeness (QED) is 0.137. The molecule has 4 aromatic rings. The summed E-state index contributed by atoms with van der Waals surface area (Å²) >= 11 is 6.80. The predicted octanol–water partition coefficient (Wildman–Crippen LogP) is 7.11. The zero-order chi connectivity index (χ0) is 36.2. The van der Waals surface area contributed by atoms with Crippen LogP contribution in [0, 0.1) is 20.8 Å².